The van der Waals surface area contributed by atoms with Crippen molar-refractivity contribution in [1.29, 1.82) is 0 Å². The lowest BCUT2D eigenvalue weighted by Crippen LogP contribution is -2.19. The van der Waals surface area contributed by atoms with Crippen LogP contribution >= 0.6 is 0 Å². The van der Waals surface area contributed by atoms with E-state index in [4.69, 9.17) is 10.2 Å². The highest BCUT2D eigenvalue weighted by Crippen LogP contribution is 2.23. The zero-order chi connectivity index (χ0) is 17.0. The third-order valence-corrected chi connectivity index (χ3v) is 3.19. The van der Waals surface area contributed by atoms with Crippen molar-refractivity contribution in [2.75, 3.05) is 5.32 Å². The number of allylic oxidation sites excluding steroid dienone is 3. The van der Waals surface area contributed by atoms with Gasteiger partial charge in [-0.25, -0.2) is 4.79 Å². The van der Waals surface area contributed by atoms with Crippen LogP contribution in [0.15, 0.2) is 47.7 Å². The van der Waals surface area contributed by atoms with Gasteiger partial charge in [-0.2, -0.15) is 0 Å². The molecule has 1 aliphatic rings. The topological polar surface area (TPSA) is 121 Å². The van der Waals surface area contributed by atoms with Crippen LogP contribution in [0.5, 0.6) is 0 Å². The van der Waals surface area contributed by atoms with Crippen molar-refractivity contribution < 1.29 is 29.4 Å². The number of carboxylic acids is 2. The molecule has 7 nitrogen and oxygen atoms in total. The number of carbonyl (C=O) groups is 4. The summed E-state index contributed by atoms with van der Waals surface area (Å²) in [6.07, 6.45) is 2.16. The van der Waals surface area contributed by atoms with Crippen molar-refractivity contribution in [3.63, 3.8) is 0 Å². The van der Waals surface area contributed by atoms with Crippen molar-refractivity contribution in [3.8, 4) is 0 Å². The molecule has 0 unspecified atom stereocenters. The lowest BCUT2D eigenvalue weighted by molar-refractivity contribution is -0.137. The van der Waals surface area contributed by atoms with Gasteiger partial charge in [-0.3, -0.25) is 14.4 Å². The molecule has 0 saturated heterocycles. The fraction of sp³-hybridized carbons (Fsp3) is 0.125. The largest absolute Gasteiger partial charge is 0.481 e. The van der Waals surface area contributed by atoms with Crippen LogP contribution in [0.4, 0.5) is 5.69 Å². The molecule has 1 aromatic rings. The number of anilines is 1. The maximum atomic E-state index is 11.5. The number of carbonyl (C=O) groups excluding carboxylic acids is 2. The van der Waals surface area contributed by atoms with Crippen LogP contribution in [-0.4, -0.2) is 33.7 Å². The van der Waals surface area contributed by atoms with Crippen LogP contribution in [0.2, 0.25) is 0 Å². The number of ketones is 2. The Morgan fingerprint density at radius 2 is 1.57 bits per heavy atom. The van der Waals surface area contributed by atoms with Crippen molar-refractivity contribution in [2.24, 2.45) is 0 Å². The fourth-order valence-corrected chi connectivity index (χ4v) is 2.02. The molecule has 7 heteroatoms. The van der Waals surface area contributed by atoms with Gasteiger partial charge < -0.3 is 15.5 Å². The summed E-state index contributed by atoms with van der Waals surface area (Å²) in [5.41, 5.74) is 1.38. The predicted octanol–water partition coefficient (Wildman–Crippen LogP) is 1.62. The number of hydrogen-bond acceptors (Lipinski definition) is 5. The molecule has 23 heavy (non-hydrogen) atoms. The first-order chi connectivity index (χ1) is 10.9. The minimum absolute atomic E-state index is 0.0976. The Labute approximate surface area is 130 Å². The highest BCUT2D eigenvalue weighted by molar-refractivity contribution is 6.46. The SMILES string of the molecule is O=C(O)CCC1=CC(=O)C(=O)C=C1Nc1ccc(C(=O)O)cc1. The summed E-state index contributed by atoms with van der Waals surface area (Å²) in [7, 11) is 0. The quantitative estimate of drug-likeness (QED) is 0.539. The maximum absolute atomic E-state index is 11.5. The zero-order valence-electron chi connectivity index (χ0n) is 11.9. The standard InChI is InChI=1S/C16H13NO6/c18-13-7-10(3-6-15(20)21)12(8-14(13)19)17-11-4-1-9(2-5-11)16(22)23/h1-2,4-5,7-8,17H,3,6H2,(H,20,21)(H,22,23). The molecule has 0 amide bonds. The lowest BCUT2D eigenvalue weighted by Gasteiger charge is -2.17. The molecule has 0 saturated carbocycles. The molecule has 1 aliphatic carbocycles. The molecule has 3 N–H and O–H groups in total. The van der Waals surface area contributed by atoms with E-state index in [0.717, 1.165) is 12.2 Å². The van der Waals surface area contributed by atoms with Gasteiger partial charge >= 0.3 is 11.9 Å². The molecule has 0 aliphatic heterocycles. The van der Waals surface area contributed by atoms with E-state index in [2.05, 4.69) is 5.32 Å². The Hall–Kier alpha value is -3.22. The van der Waals surface area contributed by atoms with E-state index in [0.29, 0.717) is 17.0 Å². The third-order valence-electron chi connectivity index (χ3n) is 3.19. The Bertz CT molecular complexity index is 742. The Balaban J connectivity index is 2.20. The van der Waals surface area contributed by atoms with Gasteiger partial charge in [0.25, 0.3) is 0 Å². The minimum Gasteiger partial charge on any atom is -0.481 e. The van der Waals surface area contributed by atoms with E-state index in [1.807, 2.05) is 0 Å². The number of aromatic carboxylic acids is 1. The van der Waals surface area contributed by atoms with Crippen LogP contribution in [0.25, 0.3) is 0 Å². The van der Waals surface area contributed by atoms with Gasteiger partial charge in [0.1, 0.15) is 0 Å². The molecule has 0 spiro atoms. The van der Waals surface area contributed by atoms with Crippen LogP contribution in [0.3, 0.4) is 0 Å². The summed E-state index contributed by atoms with van der Waals surface area (Å²) >= 11 is 0. The molecule has 0 radical (unpaired) electrons. The first kappa shape index (κ1) is 16.2. The van der Waals surface area contributed by atoms with Crippen LogP contribution in [0.1, 0.15) is 23.2 Å². The molecule has 118 valence electrons. The lowest BCUT2D eigenvalue weighted by atomic mass is 9.97. The van der Waals surface area contributed by atoms with E-state index in [1.165, 1.54) is 24.3 Å². The third kappa shape index (κ3) is 4.13. The van der Waals surface area contributed by atoms with Gasteiger partial charge in [-0.15, -0.1) is 0 Å². The van der Waals surface area contributed by atoms with Crippen molar-refractivity contribution in [3.05, 3.63) is 53.3 Å². The molecule has 0 heterocycles. The highest BCUT2D eigenvalue weighted by Gasteiger charge is 2.20. The first-order valence-electron chi connectivity index (χ1n) is 6.70. The fourth-order valence-electron chi connectivity index (χ4n) is 2.02. The van der Waals surface area contributed by atoms with E-state index < -0.39 is 23.5 Å². The van der Waals surface area contributed by atoms with E-state index >= 15 is 0 Å². The van der Waals surface area contributed by atoms with Crippen LogP contribution < -0.4 is 5.32 Å². The van der Waals surface area contributed by atoms with Gasteiger partial charge in [0.2, 0.25) is 11.6 Å². The first-order valence-corrected chi connectivity index (χ1v) is 6.70. The summed E-state index contributed by atoms with van der Waals surface area (Å²) in [4.78, 5) is 44.5. The molecule has 2 rings (SSSR count). The summed E-state index contributed by atoms with van der Waals surface area (Å²) in [5.74, 6) is -3.47. The summed E-state index contributed by atoms with van der Waals surface area (Å²) < 4.78 is 0. The summed E-state index contributed by atoms with van der Waals surface area (Å²) in [6, 6.07) is 5.81. The van der Waals surface area contributed by atoms with Gasteiger partial charge in [-0.1, -0.05) is 0 Å². The normalized spacial score (nSPS) is 14.1. The molecule has 0 aromatic heterocycles. The molecular weight excluding hydrogens is 302 g/mol. The Kier molecular flexibility index (Phi) is 4.70. The van der Waals surface area contributed by atoms with E-state index in [-0.39, 0.29) is 18.4 Å². The smallest absolute Gasteiger partial charge is 0.335 e. The number of benzene rings is 1. The maximum Gasteiger partial charge on any atom is 0.335 e. The number of aliphatic carboxylic acids is 1. The van der Waals surface area contributed by atoms with Crippen LogP contribution in [-0.2, 0) is 14.4 Å². The molecule has 0 fully saturated rings. The predicted molar refractivity (Wildman–Crippen MR) is 80.1 cm³/mol. The molecular formula is C16H13NO6. The van der Waals surface area contributed by atoms with E-state index in [1.54, 1.807) is 0 Å². The Morgan fingerprint density at radius 3 is 2.13 bits per heavy atom. The van der Waals surface area contributed by atoms with Gasteiger partial charge in [0.05, 0.1) is 5.56 Å². The van der Waals surface area contributed by atoms with Crippen molar-refractivity contribution in [1.82, 2.24) is 0 Å². The van der Waals surface area contributed by atoms with E-state index in [9.17, 15) is 19.2 Å². The van der Waals surface area contributed by atoms with Crippen molar-refractivity contribution >= 4 is 29.2 Å². The summed E-state index contributed by atoms with van der Waals surface area (Å²) in [5, 5.41) is 20.5. The second kappa shape index (κ2) is 6.69. The average Bonchev–Trinajstić information content (AvgIpc) is 2.49. The molecule has 0 bridgehead atoms. The number of carboxylic acid groups (broad SMARTS) is 2. The molecule has 1 aromatic carbocycles. The van der Waals surface area contributed by atoms with Gasteiger partial charge in [-0.05, 0) is 42.3 Å². The second-order valence-electron chi connectivity index (χ2n) is 4.86. The number of rotatable bonds is 6. The van der Waals surface area contributed by atoms with Gasteiger partial charge in [0, 0.05) is 23.9 Å². The summed E-state index contributed by atoms with van der Waals surface area (Å²) in [6.45, 7) is 0. The second-order valence-corrected chi connectivity index (χ2v) is 4.86. The number of nitrogens with one attached hydrogen (secondary N) is 1. The Morgan fingerprint density at radius 1 is 0.957 bits per heavy atom. The minimum atomic E-state index is -1.06. The van der Waals surface area contributed by atoms with Crippen molar-refractivity contribution in [2.45, 2.75) is 12.8 Å². The van der Waals surface area contributed by atoms with Gasteiger partial charge in [0.15, 0.2) is 0 Å². The highest BCUT2D eigenvalue weighted by atomic mass is 16.4. The monoisotopic (exact) mass is 315 g/mol. The zero-order valence-corrected chi connectivity index (χ0v) is 11.9. The number of hydrogen-bond donors (Lipinski definition) is 3. The molecule has 0 atom stereocenters. The average molecular weight is 315 g/mol. The van der Waals surface area contributed by atoms with Crippen LogP contribution in [0, 0.1) is 0 Å².